The molecule has 0 aromatic heterocycles. The number of piperidine rings is 1. The van der Waals surface area contributed by atoms with Crippen molar-refractivity contribution in [3.8, 4) is 0 Å². The monoisotopic (exact) mass is 354 g/mol. The van der Waals surface area contributed by atoms with E-state index in [1.807, 2.05) is 24.3 Å². The minimum Gasteiger partial charge on any atom is -0.308 e. The van der Waals surface area contributed by atoms with Crippen LogP contribution in [-0.2, 0) is 11.2 Å². The Morgan fingerprint density at radius 1 is 1.20 bits per heavy atom. The highest BCUT2D eigenvalue weighted by molar-refractivity contribution is 6.30. The van der Waals surface area contributed by atoms with Gasteiger partial charge in [0.15, 0.2) is 0 Å². The topological polar surface area (TPSA) is 23.6 Å². The van der Waals surface area contributed by atoms with Gasteiger partial charge in [0, 0.05) is 29.2 Å². The molecule has 25 heavy (non-hydrogen) atoms. The lowest BCUT2D eigenvalue weighted by molar-refractivity contribution is -0.118. The minimum absolute atomic E-state index is 0.185. The summed E-state index contributed by atoms with van der Waals surface area (Å²) in [6.07, 6.45) is 1.45. The lowest BCUT2D eigenvalue weighted by atomic mass is 9.89. The molecule has 0 bridgehead atoms. The van der Waals surface area contributed by atoms with E-state index in [0.29, 0.717) is 17.4 Å². The molecule has 0 unspecified atom stereocenters. The highest BCUT2D eigenvalue weighted by atomic mass is 35.5. The third kappa shape index (κ3) is 3.07. The average Bonchev–Trinajstić information content (AvgIpc) is 2.90. The Balaban J connectivity index is 1.66. The fourth-order valence-corrected chi connectivity index (χ4v) is 4.39. The molecule has 4 heteroatoms. The van der Waals surface area contributed by atoms with Crippen molar-refractivity contribution in [2.75, 3.05) is 25.0 Å². The van der Waals surface area contributed by atoms with Crippen molar-refractivity contribution in [3.63, 3.8) is 0 Å². The molecule has 2 aromatic rings. The molecule has 0 spiro atoms. The van der Waals surface area contributed by atoms with Crippen LogP contribution in [0.2, 0.25) is 5.02 Å². The molecule has 1 amide bonds. The largest absolute Gasteiger partial charge is 0.308 e. The number of carbonyl (C=O) groups excluding carboxylic acids is 1. The molecular formula is C21H23ClN2O. The van der Waals surface area contributed by atoms with Crippen molar-refractivity contribution < 1.29 is 4.79 Å². The first-order chi connectivity index (χ1) is 12.0. The number of benzene rings is 2. The molecule has 1 saturated heterocycles. The van der Waals surface area contributed by atoms with Crippen LogP contribution < -0.4 is 4.90 Å². The Morgan fingerprint density at radius 3 is 2.72 bits per heavy atom. The van der Waals surface area contributed by atoms with Gasteiger partial charge in [-0.1, -0.05) is 41.4 Å². The lowest BCUT2D eigenvalue weighted by Gasteiger charge is -2.36. The number of fused-ring (bicyclic) bond motifs is 3. The molecule has 0 radical (unpaired) electrons. The third-order valence-electron chi connectivity index (χ3n) is 5.49. The summed E-state index contributed by atoms with van der Waals surface area (Å²) in [6.45, 7) is 4.19. The van der Waals surface area contributed by atoms with E-state index >= 15 is 0 Å². The molecule has 0 aliphatic carbocycles. The molecular weight excluding hydrogens is 332 g/mol. The number of likely N-dealkylation sites (tertiary alicyclic amines) is 1. The summed E-state index contributed by atoms with van der Waals surface area (Å²) in [7, 11) is 2.17. The maximum Gasteiger partial charge on any atom is 0.231 e. The summed E-state index contributed by atoms with van der Waals surface area (Å²) in [6, 6.07) is 14.4. The van der Waals surface area contributed by atoms with Crippen LogP contribution in [0.5, 0.6) is 0 Å². The number of halogens is 1. The van der Waals surface area contributed by atoms with Crippen LogP contribution in [0.4, 0.5) is 5.69 Å². The Bertz CT molecular complexity index is 802. The van der Waals surface area contributed by atoms with E-state index in [2.05, 4.69) is 42.0 Å². The van der Waals surface area contributed by atoms with Crippen molar-refractivity contribution in [2.45, 2.75) is 31.7 Å². The van der Waals surface area contributed by atoms with E-state index in [4.69, 9.17) is 11.6 Å². The predicted octanol–water partition coefficient (Wildman–Crippen LogP) is 4.03. The van der Waals surface area contributed by atoms with Gasteiger partial charge in [-0.2, -0.15) is 0 Å². The molecule has 2 aliphatic heterocycles. The summed E-state index contributed by atoms with van der Waals surface area (Å²) in [5.41, 5.74) is 4.72. The number of aryl methyl sites for hydroxylation is 1. The molecule has 2 aromatic carbocycles. The van der Waals surface area contributed by atoms with Gasteiger partial charge < -0.3 is 9.80 Å². The van der Waals surface area contributed by atoms with Crippen molar-refractivity contribution in [2.24, 2.45) is 0 Å². The van der Waals surface area contributed by atoms with Crippen LogP contribution in [0, 0.1) is 6.92 Å². The van der Waals surface area contributed by atoms with E-state index in [1.54, 1.807) is 0 Å². The summed E-state index contributed by atoms with van der Waals surface area (Å²) in [5, 5.41) is 0.702. The molecule has 2 atom stereocenters. The van der Waals surface area contributed by atoms with Crippen molar-refractivity contribution in [1.82, 2.24) is 4.90 Å². The number of hydrogen-bond donors (Lipinski definition) is 0. The van der Waals surface area contributed by atoms with Crippen LogP contribution >= 0.6 is 11.6 Å². The van der Waals surface area contributed by atoms with Gasteiger partial charge >= 0.3 is 0 Å². The lowest BCUT2D eigenvalue weighted by Crippen LogP contribution is -2.47. The van der Waals surface area contributed by atoms with Crippen LogP contribution in [-0.4, -0.2) is 37.0 Å². The van der Waals surface area contributed by atoms with Crippen LogP contribution in [0.1, 0.15) is 29.0 Å². The smallest absolute Gasteiger partial charge is 0.231 e. The quantitative estimate of drug-likeness (QED) is 0.813. The molecule has 4 rings (SSSR count). The van der Waals surface area contributed by atoms with Gasteiger partial charge in [0.2, 0.25) is 5.91 Å². The second-order valence-electron chi connectivity index (χ2n) is 7.35. The molecule has 3 nitrogen and oxygen atoms in total. The van der Waals surface area contributed by atoms with E-state index in [1.165, 1.54) is 11.1 Å². The maximum absolute atomic E-state index is 13.2. The van der Waals surface area contributed by atoms with Gasteiger partial charge in [0.05, 0.1) is 6.42 Å². The van der Waals surface area contributed by atoms with Gasteiger partial charge in [-0.05, 0) is 56.3 Å². The van der Waals surface area contributed by atoms with Gasteiger partial charge in [0.25, 0.3) is 0 Å². The zero-order chi connectivity index (χ0) is 17.6. The van der Waals surface area contributed by atoms with E-state index in [0.717, 1.165) is 30.8 Å². The number of amides is 1. The Hall–Kier alpha value is -1.84. The Labute approximate surface area is 154 Å². The third-order valence-corrected chi connectivity index (χ3v) is 5.74. The van der Waals surface area contributed by atoms with Crippen LogP contribution in [0.3, 0.4) is 0 Å². The molecule has 130 valence electrons. The summed E-state index contributed by atoms with van der Waals surface area (Å²) < 4.78 is 0. The number of carbonyl (C=O) groups is 1. The summed E-state index contributed by atoms with van der Waals surface area (Å²) in [5.74, 6) is 0.604. The maximum atomic E-state index is 13.2. The summed E-state index contributed by atoms with van der Waals surface area (Å²) >= 11 is 5.96. The van der Waals surface area contributed by atoms with Crippen LogP contribution in [0.25, 0.3) is 0 Å². The van der Waals surface area contributed by atoms with Gasteiger partial charge in [-0.3, -0.25) is 4.79 Å². The fraction of sp³-hybridized carbons (Fsp3) is 0.381. The Kier molecular flexibility index (Phi) is 4.30. The zero-order valence-electron chi connectivity index (χ0n) is 14.7. The summed E-state index contributed by atoms with van der Waals surface area (Å²) in [4.78, 5) is 17.6. The average molecular weight is 355 g/mol. The van der Waals surface area contributed by atoms with Crippen molar-refractivity contribution in [1.29, 1.82) is 0 Å². The molecule has 1 fully saturated rings. The number of rotatable bonds is 2. The molecule has 2 heterocycles. The first-order valence-electron chi connectivity index (χ1n) is 8.88. The number of nitrogens with zero attached hydrogens (tertiary/aromatic N) is 2. The number of anilines is 1. The number of likely N-dealkylation sites (N-methyl/N-ethyl adjacent to an activating group) is 1. The van der Waals surface area contributed by atoms with Crippen LogP contribution in [0.15, 0.2) is 42.5 Å². The number of hydrogen-bond acceptors (Lipinski definition) is 2. The normalized spacial score (nSPS) is 22.6. The van der Waals surface area contributed by atoms with E-state index in [-0.39, 0.29) is 11.9 Å². The predicted molar refractivity (Wildman–Crippen MR) is 102 cm³/mol. The zero-order valence-corrected chi connectivity index (χ0v) is 15.5. The van der Waals surface area contributed by atoms with Crippen molar-refractivity contribution >= 4 is 23.2 Å². The highest BCUT2D eigenvalue weighted by Crippen LogP contribution is 2.45. The SMILES string of the molecule is Cc1ccc2c(c1)[C@@H]1CN(C)CC[C@H]1N2C(=O)Cc1ccc(Cl)cc1. The second kappa shape index (κ2) is 6.47. The molecule has 2 aliphatic rings. The van der Waals surface area contributed by atoms with E-state index < -0.39 is 0 Å². The van der Waals surface area contributed by atoms with Gasteiger partial charge in [-0.25, -0.2) is 0 Å². The van der Waals surface area contributed by atoms with E-state index in [9.17, 15) is 4.79 Å². The highest BCUT2D eigenvalue weighted by Gasteiger charge is 2.43. The first-order valence-corrected chi connectivity index (χ1v) is 9.26. The van der Waals surface area contributed by atoms with Gasteiger partial charge in [0.1, 0.15) is 0 Å². The first kappa shape index (κ1) is 16.6. The molecule has 0 saturated carbocycles. The molecule has 0 N–H and O–H groups in total. The standard InChI is InChI=1S/C21H23ClN2O/c1-14-3-8-19-17(11-14)18-13-23(2)10-9-20(18)24(19)21(25)12-15-4-6-16(22)7-5-15/h3-8,11,18,20H,9-10,12-13H2,1-2H3/t18-,20+/m0/s1. The minimum atomic E-state index is 0.185. The Morgan fingerprint density at radius 2 is 1.96 bits per heavy atom. The second-order valence-corrected chi connectivity index (χ2v) is 7.79. The fourth-order valence-electron chi connectivity index (χ4n) is 4.27. The van der Waals surface area contributed by atoms with Gasteiger partial charge in [-0.15, -0.1) is 0 Å². The van der Waals surface area contributed by atoms with Crippen molar-refractivity contribution in [3.05, 3.63) is 64.2 Å².